The van der Waals surface area contributed by atoms with Crippen LogP contribution < -0.4 is 5.32 Å². The zero-order valence-electron chi connectivity index (χ0n) is 14.1. The normalized spacial score (nSPS) is 18.9. The van der Waals surface area contributed by atoms with E-state index in [2.05, 4.69) is 15.5 Å². The monoisotopic (exact) mass is 380 g/mol. The fraction of sp³-hybridized carbons (Fsp3) is 0.438. The Morgan fingerprint density at radius 3 is 2.68 bits per heavy atom. The van der Waals surface area contributed by atoms with E-state index in [9.17, 15) is 13.2 Å². The summed E-state index contributed by atoms with van der Waals surface area (Å²) in [5.41, 5.74) is 1.82. The second-order valence-electron chi connectivity index (χ2n) is 6.23. The van der Waals surface area contributed by atoms with Crippen LogP contribution in [0.1, 0.15) is 39.1 Å². The number of piperidine rings is 1. The van der Waals surface area contributed by atoms with Crippen LogP contribution in [0.2, 0.25) is 0 Å². The predicted molar refractivity (Wildman–Crippen MR) is 97.4 cm³/mol. The van der Waals surface area contributed by atoms with Gasteiger partial charge < -0.3 is 5.32 Å². The van der Waals surface area contributed by atoms with E-state index in [-0.39, 0.29) is 16.8 Å². The topological polar surface area (TPSA) is 92.3 Å². The minimum Gasteiger partial charge on any atom is -0.320 e. The Morgan fingerprint density at radius 1 is 1.28 bits per heavy atom. The van der Waals surface area contributed by atoms with Gasteiger partial charge in [0.05, 0.1) is 6.26 Å². The zero-order valence-corrected chi connectivity index (χ0v) is 15.7. The summed E-state index contributed by atoms with van der Waals surface area (Å²) in [6, 6.07) is 7.51. The van der Waals surface area contributed by atoms with Crippen LogP contribution in [0.4, 0.5) is 5.69 Å². The lowest BCUT2D eigenvalue weighted by Crippen LogP contribution is -2.38. The number of rotatable bonds is 4. The summed E-state index contributed by atoms with van der Waals surface area (Å²) in [6.07, 6.45) is 2.85. The SMILES string of the molecule is Cc1ccc(NC(=O)c2nnc([C@H]3CCCN(S(C)(=O)=O)C3)s2)cc1. The van der Waals surface area contributed by atoms with Gasteiger partial charge in [0, 0.05) is 24.7 Å². The molecule has 1 amide bonds. The molecule has 0 radical (unpaired) electrons. The van der Waals surface area contributed by atoms with E-state index in [4.69, 9.17) is 0 Å². The van der Waals surface area contributed by atoms with Gasteiger partial charge in [-0.25, -0.2) is 12.7 Å². The molecule has 0 unspecified atom stereocenters. The smallest absolute Gasteiger partial charge is 0.286 e. The Bertz CT molecular complexity index is 862. The fourth-order valence-electron chi connectivity index (χ4n) is 2.76. The molecule has 1 aromatic heterocycles. The number of hydrogen-bond acceptors (Lipinski definition) is 6. The van der Waals surface area contributed by atoms with E-state index in [1.807, 2.05) is 31.2 Å². The number of benzene rings is 1. The first-order chi connectivity index (χ1) is 11.8. The number of carbonyl (C=O) groups excluding carboxylic acids is 1. The third kappa shape index (κ3) is 4.42. The third-order valence-electron chi connectivity index (χ3n) is 4.15. The number of aromatic nitrogens is 2. The number of nitrogens with zero attached hydrogens (tertiary/aromatic N) is 3. The van der Waals surface area contributed by atoms with Gasteiger partial charge >= 0.3 is 0 Å². The Hall–Kier alpha value is -1.84. The second-order valence-corrected chi connectivity index (χ2v) is 9.22. The standard InChI is InChI=1S/C16H20N4O3S2/c1-11-5-7-13(8-6-11)17-14(21)16-19-18-15(24-16)12-4-3-9-20(10-12)25(2,22)23/h5-8,12H,3-4,9-10H2,1-2H3,(H,17,21)/t12-/m0/s1. The average Bonchev–Trinajstić information content (AvgIpc) is 3.06. The molecule has 3 rings (SSSR count). The second kappa shape index (κ2) is 7.19. The molecular formula is C16H20N4O3S2. The summed E-state index contributed by atoms with van der Waals surface area (Å²) in [5, 5.41) is 11.9. The van der Waals surface area contributed by atoms with Crippen molar-refractivity contribution >= 4 is 33.0 Å². The molecule has 1 atom stereocenters. The molecule has 134 valence electrons. The van der Waals surface area contributed by atoms with Crippen LogP contribution in [0.3, 0.4) is 0 Å². The van der Waals surface area contributed by atoms with Gasteiger partial charge in [-0.15, -0.1) is 10.2 Å². The van der Waals surface area contributed by atoms with Gasteiger partial charge in [-0.2, -0.15) is 0 Å². The Morgan fingerprint density at radius 2 is 2.00 bits per heavy atom. The first kappa shape index (κ1) is 18.0. The summed E-state index contributed by atoms with van der Waals surface area (Å²) < 4.78 is 24.9. The van der Waals surface area contributed by atoms with E-state index < -0.39 is 10.0 Å². The molecule has 1 fully saturated rings. The van der Waals surface area contributed by atoms with Crippen LogP contribution in [0.15, 0.2) is 24.3 Å². The van der Waals surface area contributed by atoms with Gasteiger partial charge in [0.1, 0.15) is 5.01 Å². The van der Waals surface area contributed by atoms with E-state index in [1.165, 1.54) is 21.9 Å². The maximum absolute atomic E-state index is 12.3. The van der Waals surface area contributed by atoms with Crippen molar-refractivity contribution in [2.45, 2.75) is 25.7 Å². The van der Waals surface area contributed by atoms with Gasteiger partial charge in [0.25, 0.3) is 5.91 Å². The highest BCUT2D eigenvalue weighted by atomic mass is 32.2. The summed E-state index contributed by atoms with van der Waals surface area (Å²) in [5.74, 6) is -0.315. The average molecular weight is 380 g/mol. The van der Waals surface area contributed by atoms with Gasteiger partial charge in [-0.3, -0.25) is 4.79 Å². The summed E-state index contributed by atoms with van der Waals surface area (Å²) in [6.45, 7) is 2.91. The van der Waals surface area contributed by atoms with Crippen molar-refractivity contribution in [3.05, 3.63) is 39.8 Å². The Kier molecular flexibility index (Phi) is 5.16. The number of amides is 1. The molecule has 0 aliphatic carbocycles. The molecule has 0 spiro atoms. The van der Waals surface area contributed by atoms with Gasteiger partial charge in [-0.05, 0) is 31.9 Å². The molecule has 1 N–H and O–H groups in total. The van der Waals surface area contributed by atoms with Crippen molar-refractivity contribution in [3.63, 3.8) is 0 Å². The molecule has 1 saturated heterocycles. The van der Waals surface area contributed by atoms with Crippen molar-refractivity contribution < 1.29 is 13.2 Å². The van der Waals surface area contributed by atoms with Crippen LogP contribution >= 0.6 is 11.3 Å². The van der Waals surface area contributed by atoms with Crippen LogP contribution in [0.25, 0.3) is 0 Å². The Balaban J connectivity index is 1.69. The minimum absolute atomic E-state index is 0.0121. The van der Waals surface area contributed by atoms with E-state index in [0.717, 1.165) is 18.4 Å². The van der Waals surface area contributed by atoms with Crippen molar-refractivity contribution in [3.8, 4) is 0 Å². The van der Waals surface area contributed by atoms with E-state index >= 15 is 0 Å². The first-order valence-electron chi connectivity index (χ1n) is 7.99. The quantitative estimate of drug-likeness (QED) is 0.878. The predicted octanol–water partition coefficient (Wildman–Crippen LogP) is 2.24. The van der Waals surface area contributed by atoms with Gasteiger partial charge in [-0.1, -0.05) is 29.0 Å². The lowest BCUT2D eigenvalue weighted by molar-refractivity contribution is 0.102. The number of hydrogen-bond donors (Lipinski definition) is 1. The highest BCUT2D eigenvalue weighted by molar-refractivity contribution is 7.88. The molecule has 2 aromatic rings. The highest BCUT2D eigenvalue weighted by Crippen LogP contribution is 2.30. The fourth-order valence-corrected chi connectivity index (χ4v) is 4.53. The zero-order chi connectivity index (χ0) is 18.0. The van der Waals surface area contributed by atoms with Crippen molar-refractivity contribution in [2.24, 2.45) is 0 Å². The molecule has 25 heavy (non-hydrogen) atoms. The number of aryl methyl sites for hydroxylation is 1. The van der Waals surface area contributed by atoms with Crippen molar-refractivity contribution in [1.82, 2.24) is 14.5 Å². The molecule has 0 saturated carbocycles. The third-order valence-corrected chi connectivity index (χ3v) is 6.50. The lowest BCUT2D eigenvalue weighted by atomic mass is 10.0. The maximum atomic E-state index is 12.3. The van der Waals surface area contributed by atoms with Crippen LogP contribution in [0, 0.1) is 6.92 Å². The van der Waals surface area contributed by atoms with Crippen molar-refractivity contribution in [1.29, 1.82) is 0 Å². The molecule has 9 heteroatoms. The van der Waals surface area contributed by atoms with Gasteiger partial charge in [0.2, 0.25) is 15.0 Å². The van der Waals surface area contributed by atoms with Crippen molar-refractivity contribution in [2.75, 3.05) is 24.7 Å². The molecule has 0 bridgehead atoms. The van der Waals surface area contributed by atoms with Gasteiger partial charge in [0.15, 0.2) is 0 Å². The van der Waals surface area contributed by atoms with E-state index in [1.54, 1.807) is 0 Å². The number of nitrogens with one attached hydrogen (secondary N) is 1. The highest BCUT2D eigenvalue weighted by Gasteiger charge is 2.29. The molecule has 7 nitrogen and oxygen atoms in total. The molecule has 1 aliphatic rings. The van der Waals surface area contributed by atoms with Crippen LogP contribution in [-0.4, -0.2) is 48.2 Å². The number of sulfonamides is 1. The number of anilines is 1. The summed E-state index contributed by atoms with van der Waals surface area (Å²) >= 11 is 1.23. The molecular weight excluding hydrogens is 360 g/mol. The molecule has 1 aliphatic heterocycles. The van der Waals surface area contributed by atoms with E-state index in [0.29, 0.717) is 23.8 Å². The van der Waals surface area contributed by atoms with Crippen LogP contribution in [0.5, 0.6) is 0 Å². The largest absolute Gasteiger partial charge is 0.320 e. The molecule has 1 aromatic carbocycles. The maximum Gasteiger partial charge on any atom is 0.286 e. The lowest BCUT2D eigenvalue weighted by Gasteiger charge is -2.29. The first-order valence-corrected chi connectivity index (χ1v) is 10.7. The number of carbonyl (C=O) groups is 1. The summed E-state index contributed by atoms with van der Waals surface area (Å²) in [7, 11) is -3.21. The summed E-state index contributed by atoms with van der Waals surface area (Å²) in [4.78, 5) is 12.3. The minimum atomic E-state index is -3.21. The van der Waals surface area contributed by atoms with Crippen LogP contribution in [-0.2, 0) is 10.0 Å². The molecule has 2 heterocycles. The Labute approximate surface area is 151 Å².